The Balaban J connectivity index is 2.53. The van der Waals surface area contributed by atoms with Gasteiger partial charge in [-0.15, -0.1) is 0 Å². The molecular weight excluding hydrogens is 235 g/mol. The lowest BCUT2D eigenvalue weighted by Gasteiger charge is -1.98. The summed E-state index contributed by atoms with van der Waals surface area (Å²) in [6.07, 6.45) is 0. The standard InChI is InChI=1S/C9H8Cl2N4/c1-15-9(12)4-6(14-15)5-2-7(10)13-8(11)3-5/h2-4H,12H2,1H3. The first-order chi connectivity index (χ1) is 7.06. The van der Waals surface area contributed by atoms with Crippen LogP contribution in [0.15, 0.2) is 18.2 Å². The van der Waals surface area contributed by atoms with E-state index in [4.69, 9.17) is 28.9 Å². The van der Waals surface area contributed by atoms with Gasteiger partial charge in [0, 0.05) is 18.7 Å². The Morgan fingerprint density at radius 3 is 2.27 bits per heavy atom. The van der Waals surface area contributed by atoms with Gasteiger partial charge in [0.15, 0.2) is 0 Å². The van der Waals surface area contributed by atoms with Crippen molar-refractivity contribution in [2.24, 2.45) is 7.05 Å². The molecule has 6 heteroatoms. The summed E-state index contributed by atoms with van der Waals surface area (Å²) in [5, 5.41) is 4.88. The molecule has 15 heavy (non-hydrogen) atoms. The molecule has 0 radical (unpaired) electrons. The normalized spacial score (nSPS) is 10.6. The zero-order valence-electron chi connectivity index (χ0n) is 7.91. The topological polar surface area (TPSA) is 56.7 Å². The molecule has 2 heterocycles. The predicted octanol–water partition coefficient (Wildman–Crippen LogP) is 2.37. The van der Waals surface area contributed by atoms with E-state index in [2.05, 4.69) is 10.1 Å². The van der Waals surface area contributed by atoms with Crippen molar-refractivity contribution < 1.29 is 0 Å². The molecule has 0 fully saturated rings. The monoisotopic (exact) mass is 242 g/mol. The number of aryl methyl sites for hydroxylation is 1. The van der Waals surface area contributed by atoms with E-state index < -0.39 is 0 Å². The molecule has 2 rings (SSSR count). The Labute approximate surface area is 96.6 Å². The second-order valence-corrected chi connectivity index (χ2v) is 3.85. The molecule has 0 saturated carbocycles. The summed E-state index contributed by atoms with van der Waals surface area (Å²) >= 11 is 11.6. The minimum Gasteiger partial charge on any atom is -0.384 e. The molecule has 0 aliphatic heterocycles. The molecular formula is C9H8Cl2N4. The Morgan fingerprint density at radius 2 is 1.80 bits per heavy atom. The van der Waals surface area contributed by atoms with Gasteiger partial charge in [-0.2, -0.15) is 5.10 Å². The molecule has 0 aliphatic carbocycles. The minimum absolute atomic E-state index is 0.335. The molecule has 0 unspecified atom stereocenters. The fraction of sp³-hybridized carbons (Fsp3) is 0.111. The molecule has 0 amide bonds. The molecule has 0 aromatic carbocycles. The number of nitrogens with two attached hydrogens (primary N) is 1. The third-order valence-electron chi connectivity index (χ3n) is 1.97. The Kier molecular flexibility index (Phi) is 2.54. The van der Waals surface area contributed by atoms with Gasteiger partial charge in [-0.05, 0) is 12.1 Å². The van der Waals surface area contributed by atoms with Crippen LogP contribution < -0.4 is 5.73 Å². The summed E-state index contributed by atoms with van der Waals surface area (Å²) in [4.78, 5) is 3.85. The highest BCUT2D eigenvalue weighted by atomic mass is 35.5. The SMILES string of the molecule is Cn1nc(-c2cc(Cl)nc(Cl)c2)cc1N. The molecule has 0 bridgehead atoms. The van der Waals surface area contributed by atoms with E-state index in [0.717, 1.165) is 11.3 Å². The van der Waals surface area contributed by atoms with E-state index in [0.29, 0.717) is 16.1 Å². The maximum atomic E-state index is 5.79. The highest BCUT2D eigenvalue weighted by Crippen LogP contribution is 2.24. The maximum absolute atomic E-state index is 5.79. The zero-order chi connectivity index (χ0) is 11.0. The van der Waals surface area contributed by atoms with Crippen LogP contribution in [0, 0.1) is 0 Å². The quantitative estimate of drug-likeness (QED) is 0.782. The fourth-order valence-electron chi connectivity index (χ4n) is 1.24. The van der Waals surface area contributed by atoms with Gasteiger partial charge in [-0.1, -0.05) is 23.2 Å². The molecule has 2 aromatic rings. The van der Waals surface area contributed by atoms with Crippen LogP contribution in [-0.2, 0) is 7.05 Å². The third kappa shape index (κ3) is 2.06. The van der Waals surface area contributed by atoms with Gasteiger partial charge >= 0.3 is 0 Å². The van der Waals surface area contributed by atoms with Gasteiger partial charge in [0.1, 0.15) is 16.1 Å². The molecule has 2 aromatic heterocycles. The van der Waals surface area contributed by atoms with E-state index in [1.807, 2.05) is 0 Å². The van der Waals surface area contributed by atoms with E-state index in [-0.39, 0.29) is 0 Å². The molecule has 0 aliphatic rings. The number of aromatic nitrogens is 3. The Morgan fingerprint density at radius 1 is 1.20 bits per heavy atom. The first-order valence-electron chi connectivity index (χ1n) is 4.19. The van der Waals surface area contributed by atoms with Crippen LogP contribution in [0.3, 0.4) is 0 Å². The minimum atomic E-state index is 0.335. The van der Waals surface area contributed by atoms with Crippen molar-refractivity contribution in [3.8, 4) is 11.3 Å². The van der Waals surface area contributed by atoms with Crippen LogP contribution in [0.2, 0.25) is 10.3 Å². The highest BCUT2D eigenvalue weighted by Gasteiger charge is 2.07. The average molecular weight is 243 g/mol. The molecule has 0 saturated heterocycles. The average Bonchev–Trinajstić information content (AvgIpc) is 2.45. The van der Waals surface area contributed by atoms with E-state index in [9.17, 15) is 0 Å². The molecule has 4 nitrogen and oxygen atoms in total. The van der Waals surface area contributed by atoms with Crippen LogP contribution in [-0.4, -0.2) is 14.8 Å². The van der Waals surface area contributed by atoms with Crippen molar-refractivity contribution >= 4 is 29.0 Å². The van der Waals surface area contributed by atoms with Crippen molar-refractivity contribution in [3.05, 3.63) is 28.5 Å². The number of anilines is 1. The van der Waals surface area contributed by atoms with Crippen molar-refractivity contribution in [1.82, 2.24) is 14.8 Å². The largest absolute Gasteiger partial charge is 0.384 e. The Hall–Kier alpha value is -1.26. The Bertz CT molecular complexity index is 467. The first-order valence-corrected chi connectivity index (χ1v) is 4.95. The van der Waals surface area contributed by atoms with Gasteiger partial charge in [-0.3, -0.25) is 4.68 Å². The molecule has 0 spiro atoms. The van der Waals surface area contributed by atoms with E-state index >= 15 is 0 Å². The highest BCUT2D eigenvalue weighted by molar-refractivity contribution is 6.32. The van der Waals surface area contributed by atoms with Crippen LogP contribution >= 0.6 is 23.2 Å². The second-order valence-electron chi connectivity index (χ2n) is 3.08. The lowest BCUT2D eigenvalue weighted by Crippen LogP contribution is -1.96. The van der Waals surface area contributed by atoms with Crippen molar-refractivity contribution in [3.63, 3.8) is 0 Å². The first kappa shape index (κ1) is 10.3. The van der Waals surface area contributed by atoms with Crippen molar-refractivity contribution in [2.75, 3.05) is 5.73 Å². The van der Waals surface area contributed by atoms with Gasteiger partial charge in [0.25, 0.3) is 0 Å². The van der Waals surface area contributed by atoms with Crippen LogP contribution in [0.1, 0.15) is 0 Å². The molecule has 78 valence electrons. The number of pyridine rings is 1. The smallest absolute Gasteiger partial charge is 0.131 e. The second kappa shape index (κ2) is 3.72. The number of hydrogen-bond acceptors (Lipinski definition) is 3. The molecule has 0 atom stereocenters. The van der Waals surface area contributed by atoms with Crippen LogP contribution in [0.5, 0.6) is 0 Å². The lowest BCUT2D eigenvalue weighted by molar-refractivity contribution is 0.782. The summed E-state index contributed by atoms with van der Waals surface area (Å²) in [5.41, 5.74) is 7.19. The van der Waals surface area contributed by atoms with Crippen LogP contribution in [0.25, 0.3) is 11.3 Å². The third-order valence-corrected chi connectivity index (χ3v) is 2.36. The number of rotatable bonds is 1. The number of nitrogen functional groups attached to an aromatic ring is 1. The molecule has 2 N–H and O–H groups in total. The number of nitrogens with zero attached hydrogens (tertiary/aromatic N) is 3. The van der Waals surface area contributed by atoms with Gasteiger partial charge in [0.05, 0.1) is 5.69 Å². The van der Waals surface area contributed by atoms with E-state index in [1.165, 1.54) is 0 Å². The maximum Gasteiger partial charge on any atom is 0.131 e. The van der Waals surface area contributed by atoms with E-state index in [1.54, 1.807) is 29.9 Å². The number of hydrogen-bond donors (Lipinski definition) is 1. The summed E-state index contributed by atoms with van der Waals surface area (Å²) in [7, 11) is 1.77. The summed E-state index contributed by atoms with van der Waals surface area (Å²) < 4.78 is 1.58. The fourth-order valence-corrected chi connectivity index (χ4v) is 1.70. The summed E-state index contributed by atoms with van der Waals surface area (Å²) in [6, 6.07) is 5.13. The summed E-state index contributed by atoms with van der Waals surface area (Å²) in [5.74, 6) is 0.578. The van der Waals surface area contributed by atoms with Gasteiger partial charge < -0.3 is 5.73 Å². The van der Waals surface area contributed by atoms with Crippen molar-refractivity contribution in [1.29, 1.82) is 0 Å². The summed E-state index contributed by atoms with van der Waals surface area (Å²) in [6.45, 7) is 0. The van der Waals surface area contributed by atoms with Crippen LogP contribution in [0.4, 0.5) is 5.82 Å². The lowest BCUT2D eigenvalue weighted by atomic mass is 10.2. The van der Waals surface area contributed by atoms with Gasteiger partial charge in [0.2, 0.25) is 0 Å². The zero-order valence-corrected chi connectivity index (χ0v) is 9.42. The number of halogens is 2. The predicted molar refractivity (Wildman–Crippen MR) is 60.9 cm³/mol. The van der Waals surface area contributed by atoms with Crippen molar-refractivity contribution in [2.45, 2.75) is 0 Å². The van der Waals surface area contributed by atoms with Gasteiger partial charge in [-0.25, -0.2) is 4.98 Å².